The molecule has 0 fully saturated rings. The minimum absolute atomic E-state index is 0.0922. The lowest BCUT2D eigenvalue weighted by atomic mass is 10.0. The van der Waals surface area contributed by atoms with Crippen LogP contribution in [-0.4, -0.2) is 85.1 Å². The Kier molecular flexibility index (Phi) is 17.6. The summed E-state index contributed by atoms with van der Waals surface area (Å²) in [5, 5.41) is 16.8. The van der Waals surface area contributed by atoms with E-state index < -0.39 is 54.4 Å². The molecule has 4 atom stereocenters. The molecule has 0 aromatic rings. The number of amides is 4. The normalized spacial score (nSPS) is 14.1. The highest BCUT2D eigenvalue weighted by Crippen LogP contribution is 2.07. The zero-order valence-electron chi connectivity index (χ0n) is 20.8. The van der Waals surface area contributed by atoms with E-state index in [-0.39, 0.29) is 31.8 Å². The average molecular weight is 517 g/mol. The molecule has 0 unspecified atom stereocenters. The van der Waals surface area contributed by atoms with Gasteiger partial charge in [0.1, 0.15) is 24.2 Å². The third kappa shape index (κ3) is 14.4. The quantitative estimate of drug-likeness (QED) is 0.0420. The third-order valence-electron chi connectivity index (χ3n) is 5.30. The molecule has 15 nitrogen and oxygen atoms in total. The summed E-state index contributed by atoms with van der Waals surface area (Å²) in [5.41, 5.74) is 32.6. The molecule has 0 aliphatic carbocycles. The number of primary amides is 1. The largest absolute Gasteiger partial charge is 0.394 e. The van der Waals surface area contributed by atoms with Crippen LogP contribution >= 0.6 is 0 Å². The standard InChI is InChI=1S/C21H44N10O5/c22-9-3-1-6-15(30-18(34)13(24)12-32)20(36)31-16(7-2-4-10-23)19(35)29-14(17(25)33)8-5-11-28-21(26)27/h13-16,32H,1-12,22-24H2,(H2,25,33)(H,29,35)(H,30,34)(H,31,36)(H4,26,27,28)/t13-,14-,15-,16-/m0/s1. The van der Waals surface area contributed by atoms with Gasteiger partial charge in [0, 0.05) is 6.54 Å². The van der Waals surface area contributed by atoms with Crippen LogP contribution in [0.15, 0.2) is 4.99 Å². The zero-order chi connectivity index (χ0) is 27.5. The third-order valence-corrected chi connectivity index (χ3v) is 5.30. The summed E-state index contributed by atoms with van der Waals surface area (Å²) >= 11 is 0. The molecule has 36 heavy (non-hydrogen) atoms. The van der Waals surface area contributed by atoms with E-state index in [2.05, 4.69) is 20.9 Å². The van der Waals surface area contributed by atoms with Crippen molar-refractivity contribution in [3.8, 4) is 0 Å². The fourth-order valence-electron chi connectivity index (χ4n) is 3.22. The Bertz CT molecular complexity index is 717. The number of nitrogens with one attached hydrogen (secondary N) is 3. The average Bonchev–Trinajstić information content (AvgIpc) is 2.83. The molecule has 0 saturated heterocycles. The van der Waals surface area contributed by atoms with Crippen molar-refractivity contribution in [2.75, 3.05) is 26.2 Å². The van der Waals surface area contributed by atoms with Crippen molar-refractivity contribution in [2.45, 2.75) is 75.5 Å². The van der Waals surface area contributed by atoms with Crippen molar-refractivity contribution in [1.82, 2.24) is 16.0 Å². The highest BCUT2D eigenvalue weighted by Gasteiger charge is 2.29. The first-order valence-corrected chi connectivity index (χ1v) is 12.1. The molecular weight excluding hydrogens is 472 g/mol. The van der Waals surface area contributed by atoms with Gasteiger partial charge in [-0.15, -0.1) is 0 Å². The molecule has 0 aliphatic rings. The molecule has 0 aromatic heterocycles. The first kappa shape index (κ1) is 33.0. The Morgan fingerprint density at radius 1 is 0.694 bits per heavy atom. The van der Waals surface area contributed by atoms with Gasteiger partial charge in [0.2, 0.25) is 23.6 Å². The van der Waals surface area contributed by atoms with E-state index in [1.54, 1.807) is 0 Å². The second-order valence-corrected chi connectivity index (χ2v) is 8.39. The minimum Gasteiger partial charge on any atom is -0.394 e. The van der Waals surface area contributed by atoms with Crippen molar-refractivity contribution in [3.05, 3.63) is 0 Å². The number of unbranched alkanes of at least 4 members (excludes halogenated alkanes) is 2. The van der Waals surface area contributed by atoms with Gasteiger partial charge < -0.3 is 55.5 Å². The maximum absolute atomic E-state index is 13.0. The van der Waals surface area contributed by atoms with E-state index >= 15 is 0 Å². The molecular formula is C21H44N10O5. The van der Waals surface area contributed by atoms with Crippen LogP contribution in [0.25, 0.3) is 0 Å². The van der Waals surface area contributed by atoms with E-state index in [4.69, 9.17) is 39.5 Å². The summed E-state index contributed by atoms with van der Waals surface area (Å²) in [4.78, 5) is 53.9. The Labute approximate surface area is 211 Å². The number of aliphatic imine (C=N–C) groups is 1. The van der Waals surface area contributed by atoms with Gasteiger partial charge in [0.25, 0.3) is 0 Å². The number of hydrogen-bond donors (Lipinski definition) is 10. The fourth-order valence-corrected chi connectivity index (χ4v) is 3.22. The second kappa shape index (κ2) is 19.2. The highest BCUT2D eigenvalue weighted by atomic mass is 16.3. The number of hydrogen-bond acceptors (Lipinski definition) is 9. The summed E-state index contributed by atoms with van der Waals surface area (Å²) < 4.78 is 0. The molecule has 0 radical (unpaired) electrons. The summed E-state index contributed by atoms with van der Waals surface area (Å²) in [6, 6.07) is -4.21. The minimum atomic E-state index is -1.20. The van der Waals surface area contributed by atoms with Crippen LogP contribution in [0.3, 0.4) is 0 Å². The molecule has 208 valence electrons. The van der Waals surface area contributed by atoms with Crippen LogP contribution in [0.4, 0.5) is 0 Å². The van der Waals surface area contributed by atoms with E-state index in [1.165, 1.54) is 0 Å². The second-order valence-electron chi connectivity index (χ2n) is 8.39. The fraction of sp³-hybridized carbons (Fsp3) is 0.762. The molecule has 0 rings (SSSR count). The van der Waals surface area contributed by atoms with Crippen LogP contribution in [0.5, 0.6) is 0 Å². The molecule has 0 aliphatic heterocycles. The van der Waals surface area contributed by atoms with Gasteiger partial charge in [-0.2, -0.15) is 0 Å². The van der Waals surface area contributed by atoms with Crippen molar-refractivity contribution in [2.24, 2.45) is 39.4 Å². The lowest BCUT2D eigenvalue weighted by Gasteiger charge is -2.25. The van der Waals surface area contributed by atoms with Crippen molar-refractivity contribution in [3.63, 3.8) is 0 Å². The summed E-state index contributed by atoms with van der Waals surface area (Å²) in [6.45, 7) is 0.456. The molecule has 0 heterocycles. The van der Waals surface area contributed by atoms with Crippen molar-refractivity contribution >= 4 is 29.6 Å². The predicted molar refractivity (Wildman–Crippen MR) is 136 cm³/mol. The van der Waals surface area contributed by atoms with Gasteiger partial charge in [0.05, 0.1) is 6.61 Å². The lowest BCUT2D eigenvalue weighted by molar-refractivity contribution is -0.134. The molecule has 15 heteroatoms. The molecule has 0 saturated carbocycles. The van der Waals surface area contributed by atoms with Gasteiger partial charge in [-0.05, 0) is 64.5 Å². The number of guanidine groups is 1. The summed E-state index contributed by atoms with van der Waals surface area (Å²) in [6.07, 6.45) is 3.36. The Balaban J connectivity index is 5.44. The Hall–Kier alpha value is -3.01. The Morgan fingerprint density at radius 3 is 1.56 bits per heavy atom. The smallest absolute Gasteiger partial charge is 0.243 e. The van der Waals surface area contributed by atoms with Gasteiger partial charge in [-0.25, -0.2) is 0 Å². The maximum atomic E-state index is 13.0. The summed E-state index contributed by atoms with van der Waals surface area (Å²) in [7, 11) is 0. The molecule has 4 amide bonds. The van der Waals surface area contributed by atoms with Crippen LogP contribution < -0.4 is 50.4 Å². The number of aliphatic hydroxyl groups is 1. The molecule has 0 aromatic carbocycles. The number of nitrogens with zero attached hydrogens (tertiary/aromatic N) is 1. The predicted octanol–water partition coefficient (Wildman–Crippen LogP) is -4.44. The van der Waals surface area contributed by atoms with Gasteiger partial charge in [-0.1, -0.05) is 0 Å². The van der Waals surface area contributed by atoms with E-state index in [0.717, 1.165) is 0 Å². The monoisotopic (exact) mass is 516 g/mol. The number of rotatable bonds is 20. The number of nitrogens with two attached hydrogens (primary N) is 6. The molecule has 16 N–H and O–H groups in total. The number of carbonyl (C=O) groups excluding carboxylic acids is 4. The maximum Gasteiger partial charge on any atom is 0.243 e. The van der Waals surface area contributed by atoms with Gasteiger partial charge >= 0.3 is 0 Å². The number of aliphatic hydroxyl groups excluding tert-OH is 1. The van der Waals surface area contributed by atoms with Crippen LogP contribution in [0, 0.1) is 0 Å². The van der Waals surface area contributed by atoms with Crippen LogP contribution in [0.2, 0.25) is 0 Å². The van der Waals surface area contributed by atoms with Gasteiger partial charge in [0.15, 0.2) is 5.96 Å². The van der Waals surface area contributed by atoms with Crippen molar-refractivity contribution in [1.29, 1.82) is 0 Å². The first-order valence-electron chi connectivity index (χ1n) is 12.1. The van der Waals surface area contributed by atoms with Gasteiger partial charge in [-0.3, -0.25) is 24.2 Å². The van der Waals surface area contributed by atoms with Crippen LogP contribution in [0.1, 0.15) is 51.4 Å². The SMILES string of the molecule is NCCCC[C@H](NC(=O)[C@H](CCCCN)NC(=O)[C@@H](N)CO)C(=O)N[C@@H](CCCN=C(N)N)C(N)=O. The topological polar surface area (TPSA) is 293 Å². The first-order chi connectivity index (χ1) is 17.1. The van der Waals surface area contributed by atoms with Crippen molar-refractivity contribution < 1.29 is 24.3 Å². The van der Waals surface area contributed by atoms with E-state index in [0.29, 0.717) is 45.2 Å². The van der Waals surface area contributed by atoms with E-state index in [1.807, 2.05) is 0 Å². The Morgan fingerprint density at radius 2 is 1.14 bits per heavy atom. The number of carbonyl (C=O) groups is 4. The molecule has 0 bridgehead atoms. The summed E-state index contributed by atoms with van der Waals surface area (Å²) in [5.74, 6) is -2.76. The zero-order valence-corrected chi connectivity index (χ0v) is 20.8. The lowest BCUT2D eigenvalue weighted by Crippen LogP contribution is -2.57. The highest BCUT2D eigenvalue weighted by molar-refractivity contribution is 5.94. The van der Waals surface area contributed by atoms with E-state index in [9.17, 15) is 19.2 Å². The molecule has 0 spiro atoms. The van der Waals surface area contributed by atoms with Crippen LogP contribution in [-0.2, 0) is 19.2 Å².